The molecule has 0 atom stereocenters. The Balaban J connectivity index is 1.49. The molecular formula is C21H35N3O. The van der Waals surface area contributed by atoms with E-state index in [1.54, 1.807) is 0 Å². The van der Waals surface area contributed by atoms with Crippen LogP contribution in [0.15, 0.2) is 24.3 Å². The van der Waals surface area contributed by atoms with Gasteiger partial charge in [-0.1, -0.05) is 31.5 Å². The van der Waals surface area contributed by atoms with Crippen molar-refractivity contribution in [3.63, 3.8) is 0 Å². The first-order valence-corrected chi connectivity index (χ1v) is 10.2. The minimum atomic E-state index is 0.806. The summed E-state index contributed by atoms with van der Waals surface area (Å²) in [4.78, 5) is 7.68. The van der Waals surface area contributed by atoms with E-state index in [4.69, 9.17) is 4.74 Å². The average molecular weight is 346 g/mol. The summed E-state index contributed by atoms with van der Waals surface area (Å²) in [6.45, 7) is 13.6. The van der Waals surface area contributed by atoms with E-state index in [-0.39, 0.29) is 0 Å². The van der Waals surface area contributed by atoms with Crippen LogP contribution in [0.25, 0.3) is 0 Å². The van der Waals surface area contributed by atoms with Crippen molar-refractivity contribution >= 4 is 0 Å². The number of ether oxygens (including phenoxy) is 1. The lowest BCUT2D eigenvalue weighted by atomic mass is 10.1. The van der Waals surface area contributed by atoms with Gasteiger partial charge in [0.05, 0.1) is 0 Å². The predicted octanol–water partition coefficient (Wildman–Crippen LogP) is 3.08. The fraction of sp³-hybridized carbons (Fsp3) is 0.714. The highest BCUT2D eigenvalue weighted by Crippen LogP contribution is 2.21. The number of rotatable bonds is 7. The van der Waals surface area contributed by atoms with Crippen LogP contribution in [0.1, 0.15) is 38.2 Å². The number of benzene rings is 1. The second-order valence-corrected chi connectivity index (χ2v) is 7.42. The summed E-state index contributed by atoms with van der Waals surface area (Å²) < 4.78 is 6.18. The molecule has 1 aromatic rings. The van der Waals surface area contributed by atoms with Gasteiger partial charge in [0.2, 0.25) is 0 Å². The maximum Gasteiger partial charge on any atom is 0.123 e. The number of piperidine rings is 1. The largest absolute Gasteiger partial charge is 0.492 e. The monoisotopic (exact) mass is 345 g/mol. The molecular weight excluding hydrogens is 310 g/mol. The molecule has 0 spiro atoms. The third-order valence-corrected chi connectivity index (χ3v) is 5.61. The molecule has 0 bridgehead atoms. The van der Waals surface area contributed by atoms with Gasteiger partial charge in [-0.15, -0.1) is 0 Å². The standard InChI is InChI=1S/C21H35N3O/c1-2-22-13-8-14-24(16-15-22)19-20-9-4-5-10-21(20)25-18-17-23-11-6-3-7-12-23/h4-5,9-10H,2-3,6-8,11-19H2,1H3. The van der Waals surface area contributed by atoms with Crippen LogP contribution in [-0.4, -0.2) is 73.7 Å². The lowest BCUT2D eigenvalue weighted by molar-refractivity contribution is 0.181. The van der Waals surface area contributed by atoms with Crippen LogP contribution in [-0.2, 0) is 6.54 Å². The van der Waals surface area contributed by atoms with Crippen molar-refractivity contribution in [3.05, 3.63) is 29.8 Å². The van der Waals surface area contributed by atoms with Crippen molar-refractivity contribution in [1.29, 1.82) is 0 Å². The number of hydrogen-bond acceptors (Lipinski definition) is 4. The molecule has 0 radical (unpaired) electrons. The summed E-state index contributed by atoms with van der Waals surface area (Å²) in [5.74, 6) is 1.08. The highest BCUT2D eigenvalue weighted by Gasteiger charge is 2.16. The maximum absolute atomic E-state index is 6.18. The molecule has 0 unspecified atom stereocenters. The molecule has 0 aliphatic carbocycles. The van der Waals surface area contributed by atoms with Crippen LogP contribution in [0.2, 0.25) is 0 Å². The van der Waals surface area contributed by atoms with E-state index >= 15 is 0 Å². The van der Waals surface area contributed by atoms with Crippen molar-refractivity contribution < 1.29 is 4.74 Å². The molecule has 3 rings (SSSR count). The second kappa shape index (κ2) is 10.1. The smallest absolute Gasteiger partial charge is 0.123 e. The minimum Gasteiger partial charge on any atom is -0.492 e. The molecule has 2 saturated heterocycles. The van der Waals surface area contributed by atoms with E-state index in [0.717, 1.165) is 32.0 Å². The first kappa shape index (κ1) is 18.7. The quantitative estimate of drug-likeness (QED) is 0.756. The first-order chi connectivity index (χ1) is 12.3. The van der Waals surface area contributed by atoms with Crippen LogP contribution in [0.4, 0.5) is 0 Å². The van der Waals surface area contributed by atoms with Crippen LogP contribution >= 0.6 is 0 Å². The van der Waals surface area contributed by atoms with E-state index in [2.05, 4.69) is 45.9 Å². The highest BCUT2D eigenvalue weighted by molar-refractivity contribution is 5.33. The molecule has 2 heterocycles. The van der Waals surface area contributed by atoms with Gasteiger partial charge >= 0.3 is 0 Å². The molecule has 2 aliphatic heterocycles. The highest BCUT2D eigenvalue weighted by atomic mass is 16.5. The number of nitrogens with zero attached hydrogens (tertiary/aromatic N) is 3. The van der Waals surface area contributed by atoms with E-state index in [1.807, 2.05) is 0 Å². The van der Waals surface area contributed by atoms with Gasteiger partial charge in [0.15, 0.2) is 0 Å². The second-order valence-electron chi connectivity index (χ2n) is 7.42. The van der Waals surface area contributed by atoms with E-state index in [0.29, 0.717) is 0 Å². The van der Waals surface area contributed by atoms with Crippen molar-refractivity contribution in [2.45, 2.75) is 39.2 Å². The SMILES string of the molecule is CCN1CCCN(Cc2ccccc2OCCN2CCCCC2)CC1. The fourth-order valence-corrected chi connectivity index (χ4v) is 3.98. The molecule has 0 aromatic heterocycles. The van der Waals surface area contributed by atoms with Gasteiger partial charge in [-0.05, 0) is 58.1 Å². The van der Waals surface area contributed by atoms with Gasteiger partial charge in [-0.25, -0.2) is 0 Å². The number of likely N-dealkylation sites (N-methyl/N-ethyl adjacent to an activating group) is 1. The number of likely N-dealkylation sites (tertiary alicyclic amines) is 1. The molecule has 25 heavy (non-hydrogen) atoms. The zero-order chi connectivity index (χ0) is 17.3. The normalized spacial score (nSPS) is 21.2. The van der Waals surface area contributed by atoms with Gasteiger partial charge in [-0.2, -0.15) is 0 Å². The zero-order valence-electron chi connectivity index (χ0n) is 16.0. The van der Waals surface area contributed by atoms with E-state index in [9.17, 15) is 0 Å². The molecule has 4 heteroatoms. The van der Waals surface area contributed by atoms with Gasteiger partial charge in [0.1, 0.15) is 12.4 Å². The third kappa shape index (κ3) is 5.98. The van der Waals surface area contributed by atoms with Crippen LogP contribution < -0.4 is 4.74 Å². The topological polar surface area (TPSA) is 19.0 Å². The molecule has 4 nitrogen and oxygen atoms in total. The molecule has 2 fully saturated rings. The fourth-order valence-electron chi connectivity index (χ4n) is 3.98. The summed E-state index contributed by atoms with van der Waals surface area (Å²) in [5, 5.41) is 0. The minimum absolute atomic E-state index is 0.806. The van der Waals surface area contributed by atoms with Crippen LogP contribution in [0.5, 0.6) is 5.75 Å². The van der Waals surface area contributed by atoms with E-state index < -0.39 is 0 Å². The molecule has 0 saturated carbocycles. The Bertz CT molecular complexity index is 502. The van der Waals surface area contributed by atoms with Gasteiger partial charge in [0, 0.05) is 31.7 Å². The summed E-state index contributed by atoms with van der Waals surface area (Å²) >= 11 is 0. The first-order valence-electron chi connectivity index (χ1n) is 10.2. The van der Waals surface area contributed by atoms with Crippen molar-refractivity contribution in [2.24, 2.45) is 0 Å². The van der Waals surface area contributed by atoms with Crippen molar-refractivity contribution in [2.75, 3.05) is 59.0 Å². The van der Waals surface area contributed by atoms with Gasteiger partial charge in [-0.3, -0.25) is 9.80 Å². The van der Waals surface area contributed by atoms with Crippen molar-refractivity contribution in [3.8, 4) is 5.75 Å². The summed E-state index contributed by atoms with van der Waals surface area (Å²) in [6, 6.07) is 8.62. The Labute approximate surface area is 153 Å². The lowest BCUT2D eigenvalue weighted by Crippen LogP contribution is -2.33. The summed E-state index contributed by atoms with van der Waals surface area (Å²) in [6.07, 6.45) is 5.36. The molecule has 1 aromatic carbocycles. The Morgan fingerprint density at radius 3 is 2.36 bits per heavy atom. The van der Waals surface area contributed by atoms with Gasteiger partial charge in [0.25, 0.3) is 0 Å². The Hall–Kier alpha value is -1.10. The zero-order valence-corrected chi connectivity index (χ0v) is 16.0. The Kier molecular flexibility index (Phi) is 7.58. The van der Waals surface area contributed by atoms with E-state index in [1.165, 1.54) is 70.5 Å². The predicted molar refractivity (Wildman–Crippen MR) is 104 cm³/mol. The van der Waals surface area contributed by atoms with Crippen molar-refractivity contribution in [1.82, 2.24) is 14.7 Å². The molecule has 2 aliphatic rings. The van der Waals surface area contributed by atoms with Crippen LogP contribution in [0.3, 0.4) is 0 Å². The Morgan fingerprint density at radius 1 is 0.800 bits per heavy atom. The third-order valence-electron chi connectivity index (χ3n) is 5.61. The summed E-state index contributed by atoms with van der Waals surface area (Å²) in [5.41, 5.74) is 1.34. The summed E-state index contributed by atoms with van der Waals surface area (Å²) in [7, 11) is 0. The molecule has 0 amide bonds. The Morgan fingerprint density at radius 2 is 1.52 bits per heavy atom. The molecule has 140 valence electrons. The van der Waals surface area contributed by atoms with Crippen LogP contribution in [0, 0.1) is 0 Å². The van der Waals surface area contributed by atoms with Gasteiger partial charge < -0.3 is 9.64 Å². The molecule has 0 N–H and O–H groups in total. The number of para-hydroxylation sites is 1. The average Bonchev–Trinajstić information content (AvgIpc) is 2.89. The lowest BCUT2D eigenvalue weighted by Gasteiger charge is -2.26. The maximum atomic E-state index is 6.18. The number of hydrogen-bond donors (Lipinski definition) is 0.